The second-order valence-electron chi connectivity index (χ2n) is 15.4. The first kappa shape index (κ1) is 49.0. The molecule has 0 fully saturated rings. The largest absolute Gasteiger partial charge is 0.472 e. The fourth-order valence-electron chi connectivity index (χ4n) is 5.80. The Morgan fingerprint density at radius 2 is 1.08 bits per heavy atom. The van der Waals surface area contributed by atoms with Crippen LogP contribution >= 0.6 is 7.82 Å². The van der Waals surface area contributed by atoms with Crippen LogP contribution < -0.4 is 5.32 Å². The molecule has 0 rings (SSSR count). The van der Waals surface area contributed by atoms with Crippen LogP contribution in [0, 0.1) is 0 Å². The number of rotatable bonds is 37. The molecular formula is C41H82N2O6P+. The summed E-state index contributed by atoms with van der Waals surface area (Å²) in [6.07, 6.45) is 38.2. The molecule has 3 unspecified atom stereocenters. The van der Waals surface area contributed by atoms with Gasteiger partial charge in [-0.2, -0.15) is 0 Å². The van der Waals surface area contributed by atoms with Gasteiger partial charge in [-0.3, -0.25) is 13.8 Å². The summed E-state index contributed by atoms with van der Waals surface area (Å²) >= 11 is 0. The van der Waals surface area contributed by atoms with E-state index in [-0.39, 0.29) is 19.1 Å². The number of nitrogens with one attached hydrogen (secondary N) is 1. The number of unbranched alkanes of at least 4 members (excludes halogenated alkanes) is 22. The first-order valence-corrected chi connectivity index (χ1v) is 22.2. The quantitative estimate of drug-likeness (QED) is 0.0254. The van der Waals surface area contributed by atoms with Gasteiger partial charge in [0.2, 0.25) is 5.91 Å². The molecule has 3 atom stereocenters. The van der Waals surface area contributed by atoms with E-state index >= 15 is 0 Å². The minimum absolute atomic E-state index is 0.0612. The van der Waals surface area contributed by atoms with Crippen molar-refractivity contribution in [2.45, 2.75) is 193 Å². The number of hydrogen-bond donors (Lipinski definition) is 3. The van der Waals surface area contributed by atoms with E-state index in [4.69, 9.17) is 9.05 Å². The molecular weight excluding hydrogens is 647 g/mol. The monoisotopic (exact) mass is 730 g/mol. The third kappa shape index (κ3) is 35.4. The second kappa shape index (κ2) is 33.8. The Bertz CT molecular complexity index is 876. The topological polar surface area (TPSA) is 105 Å². The summed E-state index contributed by atoms with van der Waals surface area (Å²) in [7, 11) is 1.57. The van der Waals surface area contributed by atoms with Crippen molar-refractivity contribution >= 4 is 13.7 Å². The highest BCUT2D eigenvalue weighted by molar-refractivity contribution is 7.47. The van der Waals surface area contributed by atoms with E-state index in [2.05, 4.69) is 31.3 Å². The maximum Gasteiger partial charge on any atom is 0.472 e. The van der Waals surface area contributed by atoms with E-state index < -0.39 is 20.0 Å². The Balaban J connectivity index is 4.34. The van der Waals surface area contributed by atoms with Crippen LogP contribution in [-0.2, 0) is 18.4 Å². The smallest absolute Gasteiger partial charge is 0.387 e. The molecule has 0 bridgehead atoms. The van der Waals surface area contributed by atoms with Crippen molar-refractivity contribution in [3.63, 3.8) is 0 Å². The average Bonchev–Trinajstić information content (AvgIpc) is 3.06. The minimum atomic E-state index is -4.33. The average molecular weight is 730 g/mol. The molecule has 50 heavy (non-hydrogen) atoms. The lowest BCUT2D eigenvalue weighted by Gasteiger charge is -2.25. The van der Waals surface area contributed by atoms with Crippen molar-refractivity contribution in [3.05, 3.63) is 24.3 Å². The zero-order valence-electron chi connectivity index (χ0n) is 33.4. The number of allylic oxidation sites excluding steroid dienone is 3. The van der Waals surface area contributed by atoms with Gasteiger partial charge in [-0.05, 0) is 44.9 Å². The van der Waals surface area contributed by atoms with Gasteiger partial charge in [0.1, 0.15) is 13.2 Å². The van der Waals surface area contributed by atoms with E-state index in [1.54, 1.807) is 6.08 Å². The lowest BCUT2D eigenvalue weighted by Crippen LogP contribution is -2.45. The van der Waals surface area contributed by atoms with Crippen LogP contribution in [0.25, 0.3) is 0 Å². The minimum Gasteiger partial charge on any atom is -0.387 e. The Hall–Kier alpha value is -1.02. The Labute approximate surface area is 309 Å². The Morgan fingerprint density at radius 1 is 0.660 bits per heavy atom. The van der Waals surface area contributed by atoms with Crippen molar-refractivity contribution in [1.82, 2.24) is 5.32 Å². The number of phosphoric acid groups is 1. The van der Waals surface area contributed by atoms with Crippen molar-refractivity contribution in [2.24, 2.45) is 0 Å². The molecule has 0 radical (unpaired) electrons. The molecule has 8 nitrogen and oxygen atoms in total. The summed E-state index contributed by atoms with van der Waals surface area (Å²) < 4.78 is 23.4. The number of hydrogen-bond acceptors (Lipinski definition) is 5. The molecule has 0 spiro atoms. The van der Waals surface area contributed by atoms with E-state index in [1.165, 1.54) is 122 Å². The summed E-state index contributed by atoms with van der Waals surface area (Å²) in [5, 5.41) is 13.7. The molecule has 3 N–H and O–H groups in total. The Morgan fingerprint density at radius 3 is 1.54 bits per heavy atom. The van der Waals surface area contributed by atoms with Crippen molar-refractivity contribution in [1.29, 1.82) is 0 Å². The van der Waals surface area contributed by atoms with Gasteiger partial charge in [0, 0.05) is 6.42 Å². The molecule has 1 amide bonds. The van der Waals surface area contributed by atoms with Crippen molar-refractivity contribution in [2.75, 3.05) is 40.9 Å². The number of quaternary nitrogens is 1. The van der Waals surface area contributed by atoms with Crippen LogP contribution in [0.3, 0.4) is 0 Å². The number of amides is 1. The molecule has 0 saturated heterocycles. The van der Waals surface area contributed by atoms with Crippen LogP contribution in [0.2, 0.25) is 0 Å². The fourth-order valence-corrected chi connectivity index (χ4v) is 6.53. The van der Waals surface area contributed by atoms with Crippen LogP contribution in [0.4, 0.5) is 0 Å². The molecule has 0 aliphatic carbocycles. The van der Waals surface area contributed by atoms with Gasteiger partial charge in [-0.25, -0.2) is 4.57 Å². The van der Waals surface area contributed by atoms with E-state index in [9.17, 15) is 19.4 Å². The fraction of sp³-hybridized carbons (Fsp3) is 0.878. The summed E-state index contributed by atoms with van der Waals surface area (Å²) in [6, 6.07) is -0.843. The number of carbonyl (C=O) groups is 1. The summed E-state index contributed by atoms with van der Waals surface area (Å²) in [5.74, 6) is -0.185. The molecule has 9 heteroatoms. The highest BCUT2D eigenvalue weighted by atomic mass is 31.2. The number of aliphatic hydroxyl groups excluding tert-OH is 1. The van der Waals surface area contributed by atoms with E-state index in [0.29, 0.717) is 17.4 Å². The van der Waals surface area contributed by atoms with Crippen molar-refractivity contribution in [3.8, 4) is 0 Å². The van der Waals surface area contributed by atoms with Gasteiger partial charge in [0.25, 0.3) is 0 Å². The first-order chi connectivity index (χ1) is 24.0. The van der Waals surface area contributed by atoms with E-state index in [1.807, 2.05) is 27.2 Å². The lowest BCUT2D eigenvalue weighted by molar-refractivity contribution is -0.870. The number of carbonyl (C=O) groups excluding carboxylic acids is 1. The molecule has 296 valence electrons. The van der Waals surface area contributed by atoms with Crippen LogP contribution in [0.15, 0.2) is 24.3 Å². The number of likely N-dealkylation sites (N-methyl/N-ethyl adjacent to an activating group) is 1. The highest BCUT2D eigenvalue weighted by Crippen LogP contribution is 2.43. The second-order valence-corrected chi connectivity index (χ2v) is 16.8. The zero-order chi connectivity index (χ0) is 37.2. The summed E-state index contributed by atoms with van der Waals surface area (Å²) in [4.78, 5) is 23.0. The maximum absolute atomic E-state index is 12.8. The predicted octanol–water partition coefficient (Wildman–Crippen LogP) is 11.0. The lowest BCUT2D eigenvalue weighted by atomic mass is 10.1. The molecule has 0 aromatic carbocycles. The molecule has 0 heterocycles. The van der Waals surface area contributed by atoms with Gasteiger partial charge in [0.05, 0.1) is 39.9 Å². The van der Waals surface area contributed by atoms with Gasteiger partial charge in [-0.15, -0.1) is 0 Å². The highest BCUT2D eigenvalue weighted by Gasteiger charge is 2.27. The summed E-state index contributed by atoms with van der Waals surface area (Å²) in [6.45, 7) is 4.77. The van der Waals surface area contributed by atoms with Crippen LogP contribution in [0.1, 0.15) is 181 Å². The number of nitrogens with zero attached hydrogens (tertiary/aromatic N) is 1. The molecule has 0 aromatic rings. The van der Waals surface area contributed by atoms with Gasteiger partial charge < -0.3 is 19.8 Å². The Kier molecular flexibility index (Phi) is 33.1. The maximum atomic E-state index is 12.8. The summed E-state index contributed by atoms with van der Waals surface area (Å²) in [5.41, 5.74) is 0. The van der Waals surface area contributed by atoms with Crippen LogP contribution in [-0.4, -0.2) is 73.4 Å². The van der Waals surface area contributed by atoms with E-state index in [0.717, 1.165) is 38.5 Å². The van der Waals surface area contributed by atoms with Crippen LogP contribution in [0.5, 0.6) is 0 Å². The molecule has 0 aliphatic heterocycles. The number of phosphoric ester groups is 1. The van der Waals surface area contributed by atoms with Gasteiger partial charge >= 0.3 is 7.82 Å². The van der Waals surface area contributed by atoms with Crippen molar-refractivity contribution < 1.29 is 32.9 Å². The standard InChI is InChI=1S/C41H81N2O6P/c1-6-8-10-12-14-16-17-18-19-20-21-22-23-24-25-27-29-31-33-35-41(45)42-39(38-49-50(46,47)48-37-36-43(3,4)5)40(44)34-32-30-28-26-15-13-11-9-7-2/h20-21,32,34,39-40,44H,6-19,22-31,33,35-38H2,1-5H3,(H-,42,45,46,47)/p+1/b21-20-,34-32+. The molecule has 0 aliphatic rings. The number of aliphatic hydroxyl groups is 1. The predicted molar refractivity (Wildman–Crippen MR) is 212 cm³/mol. The molecule has 0 saturated carbocycles. The zero-order valence-corrected chi connectivity index (χ0v) is 34.3. The van der Waals surface area contributed by atoms with Gasteiger partial charge in [0.15, 0.2) is 0 Å². The normalized spacial score (nSPS) is 14.8. The third-order valence-electron chi connectivity index (χ3n) is 9.17. The third-order valence-corrected chi connectivity index (χ3v) is 10.1. The van der Waals surface area contributed by atoms with Gasteiger partial charge in [-0.1, -0.05) is 154 Å². The SMILES string of the molecule is CCCCCCCCC/C=C/C(O)C(COP(=O)(O)OCC[N+](C)(C)C)NC(=O)CCCCCCCCC/C=C\CCCCCCCCCC. The molecule has 0 aromatic heterocycles. The first-order valence-electron chi connectivity index (χ1n) is 20.7.